The van der Waals surface area contributed by atoms with Crippen LogP contribution in [0.5, 0.6) is 5.75 Å². The summed E-state index contributed by atoms with van der Waals surface area (Å²) < 4.78 is 5.08. The molecule has 0 bridgehead atoms. The molecule has 0 radical (unpaired) electrons. The summed E-state index contributed by atoms with van der Waals surface area (Å²) in [5.41, 5.74) is 0.916. The molecule has 0 saturated heterocycles. The number of carboxylic acids is 1. The van der Waals surface area contributed by atoms with Crippen molar-refractivity contribution >= 4 is 18.4 Å². The van der Waals surface area contributed by atoms with Crippen molar-refractivity contribution < 1.29 is 14.6 Å². The van der Waals surface area contributed by atoms with Crippen molar-refractivity contribution in [1.29, 1.82) is 0 Å². The third-order valence-corrected chi connectivity index (χ3v) is 2.22. The molecule has 1 rings (SSSR count). The third kappa shape index (κ3) is 4.08. The Balaban J connectivity index is 0.00000225. The molecule has 0 aliphatic carbocycles. The van der Waals surface area contributed by atoms with Gasteiger partial charge in [0.25, 0.3) is 0 Å². The summed E-state index contributed by atoms with van der Waals surface area (Å²) in [6.45, 7) is 0. The highest BCUT2D eigenvalue weighted by Crippen LogP contribution is 2.21. The fourth-order valence-corrected chi connectivity index (χ4v) is 1.42. The monoisotopic (exact) mass is 245 g/mol. The molecule has 0 amide bonds. The molecule has 0 aliphatic rings. The van der Waals surface area contributed by atoms with E-state index in [1.807, 2.05) is 24.3 Å². The lowest BCUT2D eigenvalue weighted by molar-refractivity contribution is -0.137. The second-order valence-corrected chi connectivity index (χ2v) is 3.22. The largest absolute Gasteiger partial charge is 0.497 e. The van der Waals surface area contributed by atoms with Crippen molar-refractivity contribution in [3.05, 3.63) is 29.8 Å². The number of halogens is 1. The number of hydrogen-bond acceptors (Lipinski definition) is 3. The zero-order valence-corrected chi connectivity index (χ0v) is 10.1. The van der Waals surface area contributed by atoms with E-state index in [4.69, 9.17) is 9.84 Å². The van der Waals surface area contributed by atoms with E-state index in [9.17, 15) is 4.79 Å². The van der Waals surface area contributed by atoms with Crippen LogP contribution in [0.25, 0.3) is 0 Å². The predicted octanol–water partition coefficient (Wildman–Crippen LogP) is 1.85. The number of rotatable bonds is 5. The van der Waals surface area contributed by atoms with Gasteiger partial charge in [0.05, 0.1) is 13.5 Å². The Hall–Kier alpha value is -1.26. The fraction of sp³-hybridized carbons (Fsp3) is 0.364. The van der Waals surface area contributed by atoms with Gasteiger partial charge in [-0.05, 0) is 24.7 Å². The lowest BCUT2D eigenvalue weighted by Gasteiger charge is -2.14. The van der Waals surface area contributed by atoms with Crippen LogP contribution in [0.4, 0.5) is 0 Å². The minimum atomic E-state index is -0.822. The summed E-state index contributed by atoms with van der Waals surface area (Å²) >= 11 is 0. The Morgan fingerprint density at radius 1 is 1.56 bits per heavy atom. The molecule has 0 fully saturated rings. The van der Waals surface area contributed by atoms with Crippen LogP contribution in [-0.4, -0.2) is 25.2 Å². The highest BCUT2D eigenvalue weighted by Gasteiger charge is 2.13. The Bertz CT molecular complexity index is 344. The van der Waals surface area contributed by atoms with Gasteiger partial charge in [0.1, 0.15) is 5.75 Å². The van der Waals surface area contributed by atoms with Gasteiger partial charge in [0.2, 0.25) is 0 Å². The van der Waals surface area contributed by atoms with Gasteiger partial charge in [0.15, 0.2) is 0 Å². The Morgan fingerprint density at radius 2 is 2.25 bits per heavy atom. The van der Waals surface area contributed by atoms with Crippen molar-refractivity contribution in [2.24, 2.45) is 0 Å². The molecule has 5 heteroatoms. The van der Waals surface area contributed by atoms with Gasteiger partial charge in [0, 0.05) is 6.04 Å². The van der Waals surface area contributed by atoms with Gasteiger partial charge in [-0.25, -0.2) is 0 Å². The summed E-state index contributed by atoms with van der Waals surface area (Å²) in [6, 6.07) is 7.21. The lowest BCUT2D eigenvalue weighted by Crippen LogP contribution is -2.19. The maximum absolute atomic E-state index is 10.6. The number of carbonyl (C=O) groups is 1. The van der Waals surface area contributed by atoms with Gasteiger partial charge in [-0.1, -0.05) is 12.1 Å². The third-order valence-electron chi connectivity index (χ3n) is 2.22. The van der Waals surface area contributed by atoms with E-state index in [0.29, 0.717) is 0 Å². The molecule has 1 atom stereocenters. The first kappa shape index (κ1) is 14.7. The van der Waals surface area contributed by atoms with E-state index in [1.165, 1.54) is 0 Å². The summed E-state index contributed by atoms with van der Waals surface area (Å²) in [5, 5.41) is 11.7. The first-order valence-corrected chi connectivity index (χ1v) is 4.70. The van der Waals surface area contributed by atoms with E-state index in [1.54, 1.807) is 14.2 Å². The SMILES string of the molecule is CN[C@@H](CC(=O)O)c1cccc(OC)c1.Cl. The minimum absolute atomic E-state index is 0. The second kappa shape index (κ2) is 7.09. The quantitative estimate of drug-likeness (QED) is 0.831. The molecule has 0 aromatic heterocycles. The van der Waals surface area contributed by atoms with Gasteiger partial charge < -0.3 is 15.2 Å². The Kier molecular flexibility index (Phi) is 6.53. The topological polar surface area (TPSA) is 58.6 Å². The molecular weight excluding hydrogens is 230 g/mol. The van der Waals surface area contributed by atoms with E-state index in [0.717, 1.165) is 11.3 Å². The number of nitrogens with one attached hydrogen (secondary N) is 1. The number of methoxy groups -OCH3 is 1. The number of ether oxygens (including phenoxy) is 1. The minimum Gasteiger partial charge on any atom is -0.497 e. The standard InChI is InChI=1S/C11H15NO3.ClH/c1-12-10(7-11(13)14)8-4-3-5-9(6-8)15-2;/h3-6,10,12H,7H2,1-2H3,(H,13,14);1H/t10-;/m0./s1. The molecule has 2 N–H and O–H groups in total. The Labute approximate surface area is 101 Å². The summed E-state index contributed by atoms with van der Waals surface area (Å²) in [6.07, 6.45) is 0.0592. The number of aliphatic carboxylic acids is 1. The van der Waals surface area contributed by atoms with Crippen molar-refractivity contribution in [3.8, 4) is 5.75 Å². The van der Waals surface area contributed by atoms with Gasteiger partial charge in [-0.2, -0.15) is 0 Å². The van der Waals surface area contributed by atoms with Crippen molar-refractivity contribution in [2.75, 3.05) is 14.2 Å². The highest BCUT2D eigenvalue weighted by molar-refractivity contribution is 5.85. The zero-order chi connectivity index (χ0) is 11.3. The number of benzene rings is 1. The molecule has 0 heterocycles. The molecular formula is C11H16ClNO3. The molecule has 0 aliphatic heterocycles. The molecule has 4 nitrogen and oxygen atoms in total. The number of carboxylic acid groups (broad SMARTS) is 1. The van der Waals surface area contributed by atoms with Crippen LogP contribution < -0.4 is 10.1 Å². The second-order valence-electron chi connectivity index (χ2n) is 3.22. The average molecular weight is 246 g/mol. The first-order valence-electron chi connectivity index (χ1n) is 4.70. The first-order chi connectivity index (χ1) is 7.17. The van der Waals surface area contributed by atoms with Crippen molar-refractivity contribution in [1.82, 2.24) is 5.32 Å². The van der Waals surface area contributed by atoms with Crippen LogP contribution in [0.15, 0.2) is 24.3 Å². The summed E-state index contributed by atoms with van der Waals surface area (Å²) in [7, 11) is 3.33. The van der Waals surface area contributed by atoms with Crippen LogP contribution in [0.2, 0.25) is 0 Å². The lowest BCUT2D eigenvalue weighted by atomic mass is 10.0. The van der Waals surface area contributed by atoms with Crippen molar-refractivity contribution in [3.63, 3.8) is 0 Å². The molecule has 16 heavy (non-hydrogen) atoms. The van der Waals surface area contributed by atoms with E-state index >= 15 is 0 Å². The van der Waals surface area contributed by atoms with Gasteiger partial charge in [-0.3, -0.25) is 4.79 Å². The highest BCUT2D eigenvalue weighted by atomic mass is 35.5. The van der Waals surface area contributed by atoms with Gasteiger partial charge in [-0.15, -0.1) is 12.4 Å². The smallest absolute Gasteiger partial charge is 0.305 e. The van der Waals surface area contributed by atoms with Crippen LogP contribution in [0.1, 0.15) is 18.0 Å². The molecule has 1 aromatic carbocycles. The molecule has 0 spiro atoms. The van der Waals surface area contributed by atoms with E-state index < -0.39 is 5.97 Å². The fourth-order valence-electron chi connectivity index (χ4n) is 1.42. The molecule has 1 aromatic rings. The zero-order valence-electron chi connectivity index (χ0n) is 9.27. The molecule has 0 saturated carbocycles. The predicted molar refractivity (Wildman–Crippen MR) is 64.3 cm³/mol. The molecule has 0 unspecified atom stereocenters. The average Bonchev–Trinajstić information content (AvgIpc) is 2.25. The van der Waals surface area contributed by atoms with Crippen LogP contribution in [0.3, 0.4) is 0 Å². The molecule has 90 valence electrons. The van der Waals surface area contributed by atoms with Crippen molar-refractivity contribution in [2.45, 2.75) is 12.5 Å². The maximum atomic E-state index is 10.6. The summed E-state index contributed by atoms with van der Waals surface area (Å²) in [5.74, 6) is -0.0877. The van der Waals surface area contributed by atoms with Gasteiger partial charge >= 0.3 is 5.97 Å². The van der Waals surface area contributed by atoms with Crippen LogP contribution >= 0.6 is 12.4 Å². The normalized spacial score (nSPS) is 11.4. The number of hydrogen-bond donors (Lipinski definition) is 2. The van der Waals surface area contributed by atoms with E-state index in [2.05, 4.69) is 5.32 Å². The summed E-state index contributed by atoms with van der Waals surface area (Å²) in [4.78, 5) is 10.6. The Morgan fingerprint density at radius 3 is 2.75 bits per heavy atom. The van der Waals surface area contributed by atoms with E-state index in [-0.39, 0.29) is 24.9 Å². The van der Waals surface area contributed by atoms with Crippen LogP contribution in [0, 0.1) is 0 Å². The maximum Gasteiger partial charge on any atom is 0.305 e. The van der Waals surface area contributed by atoms with Crippen LogP contribution in [-0.2, 0) is 4.79 Å².